The molecule has 0 saturated heterocycles. The molecule has 110 valence electrons. The minimum atomic E-state index is 0.0870. The van der Waals surface area contributed by atoms with E-state index in [-0.39, 0.29) is 12.0 Å². The molecule has 0 aromatic carbocycles. The van der Waals surface area contributed by atoms with Crippen molar-refractivity contribution < 1.29 is 5.11 Å². The fraction of sp³-hybridized carbons (Fsp3) is 0.800. The number of hydrogen-bond donors (Lipinski definition) is 2. The van der Waals surface area contributed by atoms with Crippen LogP contribution in [0.25, 0.3) is 0 Å². The molecule has 19 heavy (non-hydrogen) atoms. The average Bonchev–Trinajstić information content (AvgIpc) is 2.69. The second-order valence-corrected chi connectivity index (χ2v) is 6.53. The van der Waals surface area contributed by atoms with Gasteiger partial charge in [-0.05, 0) is 25.3 Å². The van der Waals surface area contributed by atoms with Gasteiger partial charge in [-0.15, -0.1) is 0 Å². The first-order chi connectivity index (χ1) is 8.84. The highest BCUT2D eigenvalue weighted by molar-refractivity contribution is 5.23. The Labute approximate surface area is 117 Å². The van der Waals surface area contributed by atoms with Crippen molar-refractivity contribution in [2.75, 3.05) is 13.2 Å². The highest BCUT2D eigenvalue weighted by atomic mass is 16.3. The Kier molecular flexibility index (Phi) is 6.01. The first-order valence-corrected chi connectivity index (χ1v) is 7.19. The Morgan fingerprint density at radius 3 is 2.68 bits per heavy atom. The number of rotatable bonds is 7. The first-order valence-electron chi connectivity index (χ1n) is 7.19. The number of aliphatic hydroxyl groups excluding tert-OH is 1. The van der Waals surface area contributed by atoms with Crippen LogP contribution in [0.5, 0.6) is 0 Å². The number of aliphatic hydroxyl groups is 1. The predicted molar refractivity (Wildman–Crippen MR) is 79.1 cm³/mol. The van der Waals surface area contributed by atoms with Crippen molar-refractivity contribution in [1.29, 1.82) is 0 Å². The van der Waals surface area contributed by atoms with Gasteiger partial charge in [-0.1, -0.05) is 27.7 Å². The standard InChI is InChI=1S/C15H29N3O/c1-12(11-19)7-6-8-16-9-13-10-18(5)17-14(13)15(2,3)4/h10,12,16,19H,6-9,11H2,1-5H3. The Balaban J connectivity index is 2.41. The predicted octanol–water partition coefficient (Wildman–Crippen LogP) is 2.22. The van der Waals surface area contributed by atoms with E-state index in [0.717, 1.165) is 25.9 Å². The van der Waals surface area contributed by atoms with Crippen LogP contribution in [-0.4, -0.2) is 28.0 Å². The Morgan fingerprint density at radius 2 is 2.11 bits per heavy atom. The number of hydrogen-bond acceptors (Lipinski definition) is 3. The normalized spacial score (nSPS) is 13.8. The van der Waals surface area contributed by atoms with Gasteiger partial charge in [0.1, 0.15) is 0 Å². The Hall–Kier alpha value is -0.870. The van der Waals surface area contributed by atoms with Crippen molar-refractivity contribution >= 4 is 0 Å². The minimum absolute atomic E-state index is 0.0870. The van der Waals surface area contributed by atoms with Crippen LogP contribution in [0.4, 0.5) is 0 Å². The molecule has 1 atom stereocenters. The smallest absolute Gasteiger partial charge is 0.0722 e. The van der Waals surface area contributed by atoms with E-state index in [1.807, 2.05) is 11.7 Å². The fourth-order valence-corrected chi connectivity index (χ4v) is 2.19. The third kappa shape index (κ3) is 5.33. The third-order valence-electron chi connectivity index (χ3n) is 3.29. The summed E-state index contributed by atoms with van der Waals surface area (Å²) in [4.78, 5) is 0. The summed E-state index contributed by atoms with van der Waals surface area (Å²) in [6, 6.07) is 0. The number of aryl methyl sites for hydroxylation is 1. The molecule has 0 radical (unpaired) electrons. The molecular weight excluding hydrogens is 238 g/mol. The molecular formula is C15H29N3O. The molecule has 0 aliphatic heterocycles. The molecule has 4 heteroatoms. The molecule has 0 spiro atoms. The second-order valence-electron chi connectivity index (χ2n) is 6.53. The van der Waals surface area contributed by atoms with Crippen molar-refractivity contribution in [3.05, 3.63) is 17.5 Å². The zero-order chi connectivity index (χ0) is 14.5. The molecule has 0 bridgehead atoms. The number of nitrogens with one attached hydrogen (secondary N) is 1. The van der Waals surface area contributed by atoms with E-state index in [2.05, 4.69) is 44.3 Å². The topological polar surface area (TPSA) is 50.1 Å². The van der Waals surface area contributed by atoms with Crippen molar-refractivity contribution in [3.63, 3.8) is 0 Å². The Morgan fingerprint density at radius 1 is 1.42 bits per heavy atom. The summed E-state index contributed by atoms with van der Waals surface area (Å²) in [7, 11) is 1.97. The van der Waals surface area contributed by atoms with Gasteiger partial charge >= 0.3 is 0 Å². The molecule has 4 nitrogen and oxygen atoms in total. The fourth-order valence-electron chi connectivity index (χ4n) is 2.19. The monoisotopic (exact) mass is 267 g/mol. The zero-order valence-electron chi connectivity index (χ0n) is 13.0. The summed E-state index contributed by atoms with van der Waals surface area (Å²) < 4.78 is 1.89. The minimum Gasteiger partial charge on any atom is -0.396 e. The van der Waals surface area contributed by atoms with E-state index in [1.165, 1.54) is 11.3 Å². The van der Waals surface area contributed by atoms with Gasteiger partial charge in [-0.3, -0.25) is 4.68 Å². The van der Waals surface area contributed by atoms with E-state index < -0.39 is 0 Å². The molecule has 1 aromatic rings. The van der Waals surface area contributed by atoms with Gasteiger partial charge in [-0.25, -0.2) is 0 Å². The first kappa shape index (κ1) is 16.2. The summed E-state index contributed by atoms with van der Waals surface area (Å²) in [5.74, 6) is 0.408. The van der Waals surface area contributed by atoms with Crippen molar-refractivity contribution in [2.24, 2.45) is 13.0 Å². The molecule has 0 aliphatic carbocycles. The largest absolute Gasteiger partial charge is 0.396 e. The van der Waals surface area contributed by atoms with E-state index in [1.54, 1.807) is 0 Å². The van der Waals surface area contributed by atoms with Gasteiger partial charge < -0.3 is 10.4 Å². The lowest BCUT2D eigenvalue weighted by Gasteiger charge is -2.17. The number of aromatic nitrogens is 2. The molecule has 1 unspecified atom stereocenters. The van der Waals surface area contributed by atoms with Gasteiger partial charge in [0.2, 0.25) is 0 Å². The van der Waals surface area contributed by atoms with Crippen LogP contribution in [-0.2, 0) is 19.0 Å². The lowest BCUT2D eigenvalue weighted by molar-refractivity contribution is 0.228. The van der Waals surface area contributed by atoms with Crippen molar-refractivity contribution in [3.8, 4) is 0 Å². The molecule has 0 fully saturated rings. The average molecular weight is 267 g/mol. The molecule has 1 rings (SSSR count). The van der Waals surface area contributed by atoms with Crippen LogP contribution in [0.1, 0.15) is 51.8 Å². The van der Waals surface area contributed by atoms with Crippen LogP contribution in [0, 0.1) is 5.92 Å². The second kappa shape index (κ2) is 7.06. The van der Waals surface area contributed by atoms with E-state index in [0.29, 0.717) is 5.92 Å². The lowest BCUT2D eigenvalue weighted by atomic mass is 9.89. The zero-order valence-corrected chi connectivity index (χ0v) is 13.0. The van der Waals surface area contributed by atoms with E-state index in [9.17, 15) is 0 Å². The SMILES string of the molecule is CC(CO)CCCNCc1cn(C)nc1C(C)(C)C. The Bertz CT molecular complexity index is 379. The summed E-state index contributed by atoms with van der Waals surface area (Å²) >= 11 is 0. The van der Waals surface area contributed by atoms with Crippen molar-refractivity contribution in [2.45, 2.75) is 52.5 Å². The summed E-state index contributed by atoms with van der Waals surface area (Å²) in [6.45, 7) is 10.8. The lowest BCUT2D eigenvalue weighted by Crippen LogP contribution is -2.20. The van der Waals surface area contributed by atoms with Gasteiger partial charge in [-0.2, -0.15) is 5.10 Å². The summed E-state index contributed by atoms with van der Waals surface area (Å²) in [6.07, 6.45) is 4.28. The van der Waals surface area contributed by atoms with Crippen LogP contribution in [0.3, 0.4) is 0 Å². The van der Waals surface area contributed by atoms with Crippen LogP contribution in [0.15, 0.2) is 6.20 Å². The maximum absolute atomic E-state index is 8.97. The maximum atomic E-state index is 8.97. The molecule has 0 saturated carbocycles. The highest BCUT2D eigenvalue weighted by Crippen LogP contribution is 2.23. The molecule has 1 aromatic heterocycles. The van der Waals surface area contributed by atoms with Crippen LogP contribution >= 0.6 is 0 Å². The van der Waals surface area contributed by atoms with Crippen molar-refractivity contribution in [1.82, 2.24) is 15.1 Å². The summed E-state index contributed by atoms with van der Waals surface area (Å²) in [5, 5.41) is 17.0. The van der Waals surface area contributed by atoms with Crippen LogP contribution < -0.4 is 5.32 Å². The van der Waals surface area contributed by atoms with Crippen LogP contribution in [0.2, 0.25) is 0 Å². The quantitative estimate of drug-likeness (QED) is 0.745. The maximum Gasteiger partial charge on any atom is 0.0722 e. The molecule has 0 aliphatic rings. The highest BCUT2D eigenvalue weighted by Gasteiger charge is 2.21. The third-order valence-corrected chi connectivity index (χ3v) is 3.29. The van der Waals surface area contributed by atoms with Gasteiger partial charge in [0.15, 0.2) is 0 Å². The van der Waals surface area contributed by atoms with Gasteiger partial charge in [0.05, 0.1) is 5.69 Å². The molecule has 1 heterocycles. The molecule has 2 N–H and O–H groups in total. The van der Waals surface area contributed by atoms with E-state index >= 15 is 0 Å². The molecule has 0 amide bonds. The van der Waals surface area contributed by atoms with E-state index in [4.69, 9.17) is 5.11 Å². The van der Waals surface area contributed by atoms with Gasteiger partial charge in [0, 0.05) is 37.4 Å². The summed E-state index contributed by atoms with van der Waals surface area (Å²) in [5.41, 5.74) is 2.54. The number of nitrogens with zero attached hydrogens (tertiary/aromatic N) is 2. The van der Waals surface area contributed by atoms with Gasteiger partial charge in [0.25, 0.3) is 0 Å².